The fourth-order valence-electron chi connectivity index (χ4n) is 1.20. The summed E-state index contributed by atoms with van der Waals surface area (Å²) < 4.78 is 5.91. The lowest BCUT2D eigenvalue weighted by Crippen LogP contribution is -2.22. The summed E-state index contributed by atoms with van der Waals surface area (Å²) in [6, 6.07) is -0.719. The number of carboxylic acids is 1. The van der Waals surface area contributed by atoms with Gasteiger partial charge in [0, 0.05) is 0 Å². The first kappa shape index (κ1) is 12.7. The zero-order valence-corrected chi connectivity index (χ0v) is 9.16. The molecule has 0 saturated heterocycles. The molecular weight excluding hydrogens is 226 g/mol. The Hall–Kier alpha value is -2.36. The summed E-state index contributed by atoms with van der Waals surface area (Å²) in [7, 11) is 0. The predicted molar refractivity (Wildman–Crippen MR) is 56.1 cm³/mol. The second-order valence-corrected chi connectivity index (χ2v) is 3.12. The first-order valence-corrected chi connectivity index (χ1v) is 4.85. The molecule has 1 heterocycles. The van der Waals surface area contributed by atoms with Crippen molar-refractivity contribution in [1.29, 1.82) is 0 Å². The molecule has 0 amide bonds. The second kappa shape index (κ2) is 5.65. The van der Waals surface area contributed by atoms with Gasteiger partial charge in [0.2, 0.25) is 0 Å². The Labute approximate surface area is 97.4 Å². The number of ether oxygens (including phenoxy) is 1. The van der Waals surface area contributed by atoms with Crippen molar-refractivity contribution in [1.82, 2.24) is 15.0 Å². The molecule has 17 heavy (non-hydrogen) atoms. The van der Waals surface area contributed by atoms with Crippen LogP contribution in [0.4, 0.5) is 0 Å². The van der Waals surface area contributed by atoms with Crippen LogP contribution >= 0.6 is 0 Å². The fraction of sp³-hybridized carbons (Fsp3) is 0.400. The zero-order valence-electron chi connectivity index (χ0n) is 9.16. The van der Waals surface area contributed by atoms with Crippen molar-refractivity contribution in [2.75, 3.05) is 6.61 Å². The van der Waals surface area contributed by atoms with Gasteiger partial charge in [0.15, 0.2) is 18.3 Å². The number of carbonyl (C=O) groups excluding carboxylic acids is 1. The number of aromatic carboxylic acids is 1. The number of carbonyl (C=O) groups is 2. The number of terminal acetylenes is 1. The van der Waals surface area contributed by atoms with Crippen LogP contribution in [0.2, 0.25) is 0 Å². The quantitative estimate of drug-likeness (QED) is 0.576. The number of rotatable bonds is 5. The Morgan fingerprint density at radius 2 is 2.41 bits per heavy atom. The maximum Gasteiger partial charge on any atom is 0.358 e. The molecular formula is C10H11N3O4. The largest absolute Gasteiger partial charge is 0.476 e. The molecule has 0 bridgehead atoms. The van der Waals surface area contributed by atoms with Gasteiger partial charge in [0.1, 0.15) is 0 Å². The van der Waals surface area contributed by atoms with Crippen LogP contribution in [0.5, 0.6) is 0 Å². The topological polar surface area (TPSA) is 94.3 Å². The Bertz CT molecular complexity index is 460. The minimum Gasteiger partial charge on any atom is -0.476 e. The summed E-state index contributed by atoms with van der Waals surface area (Å²) >= 11 is 0. The van der Waals surface area contributed by atoms with E-state index in [4.69, 9.17) is 16.3 Å². The van der Waals surface area contributed by atoms with E-state index in [0.717, 1.165) is 4.68 Å². The van der Waals surface area contributed by atoms with Crippen LogP contribution in [-0.4, -0.2) is 38.6 Å². The van der Waals surface area contributed by atoms with Gasteiger partial charge in [0.25, 0.3) is 0 Å². The van der Waals surface area contributed by atoms with Crippen molar-refractivity contribution < 1.29 is 19.4 Å². The maximum atomic E-state index is 11.6. The predicted octanol–water partition coefficient (Wildman–Crippen LogP) is 0.104. The van der Waals surface area contributed by atoms with E-state index >= 15 is 0 Å². The molecule has 0 radical (unpaired) electrons. The van der Waals surface area contributed by atoms with Crippen LogP contribution in [-0.2, 0) is 9.53 Å². The van der Waals surface area contributed by atoms with Crippen LogP contribution in [0.15, 0.2) is 6.20 Å². The molecule has 7 nitrogen and oxygen atoms in total. The lowest BCUT2D eigenvalue weighted by molar-refractivity contribution is -0.146. The third-order valence-electron chi connectivity index (χ3n) is 2.01. The molecule has 1 aromatic heterocycles. The number of hydrogen-bond acceptors (Lipinski definition) is 5. The van der Waals surface area contributed by atoms with Crippen molar-refractivity contribution in [3.63, 3.8) is 0 Å². The Morgan fingerprint density at radius 3 is 2.88 bits per heavy atom. The van der Waals surface area contributed by atoms with E-state index in [1.54, 1.807) is 6.92 Å². The molecule has 1 unspecified atom stereocenters. The number of esters is 1. The summed E-state index contributed by atoms with van der Waals surface area (Å²) in [6.07, 6.45) is 6.53. The van der Waals surface area contributed by atoms with Gasteiger partial charge in [-0.2, -0.15) is 0 Å². The fourth-order valence-corrected chi connectivity index (χ4v) is 1.20. The number of hydrogen-bond donors (Lipinski definition) is 1. The lowest BCUT2D eigenvalue weighted by atomic mass is 10.2. The molecule has 1 atom stereocenters. The van der Waals surface area contributed by atoms with Crippen LogP contribution in [0.1, 0.15) is 29.9 Å². The van der Waals surface area contributed by atoms with Crippen molar-refractivity contribution in [2.24, 2.45) is 0 Å². The maximum absolute atomic E-state index is 11.6. The van der Waals surface area contributed by atoms with Crippen LogP contribution < -0.4 is 0 Å². The highest BCUT2D eigenvalue weighted by atomic mass is 16.5. The summed E-state index contributed by atoms with van der Waals surface area (Å²) in [6.45, 7) is 1.61. The van der Waals surface area contributed by atoms with Gasteiger partial charge in [-0.15, -0.1) is 11.5 Å². The van der Waals surface area contributed by atoms with Crippen molar-refractivity contribution in [3.8, 4) is 12.3 Å². The van der Waals surface area contributed by atoms with Crippen molar-refractivity contribution in [2.45, 2.75) is 19.4 Å². The first-order valence-electron chi connectivity index (χ1n) is 4.85. The molecule has 90 valence electrons. The molecule has 7 heteroatoms. The van der Waals surface area contributed by atoms with E-state index in [9.17, 15) is 9.59 Å². The average Bonchev–Trinajstić information content (AvgIpc) is 2.77. The Balaban J connectivity index is 2.82. The van der Waals surface area contributed by atoms with E-state index in [-0.39, 0.29) is 12.3 Å². The number of aromatic nitrogens is 3. The molecule has 0 saturated carbocycles. The van der Waals surface area contributed by atoms with E-state index in [1.165, 1.54) is 6.20 Å². The molecule has 0 aliphatic carbocycles. The van der Waals surface area contributed by atoms with Crippen molar-refractivity contribution >= 4 is 11.9 Å². The summed E-state index contributed by atoms with van der Waals surface area (Å²) in [5, 5.41) is 15.7. The van der Waals surface area contributed by atoms with E-state index in [2.05, 4.69) is 16.2 Å². The molecule has 1 rings (SSSR count). The van der Waals surface area contributed by atoms with Gasteiger partial charge in [-0.25, -0.2) is 14.3 Å². The normalized spacial score (nSPS) is 11.5. The van der Waals surface area contributed by atoms with Gasteiger partial charge < -0.3 is 9.84 Å². The summed E-state index contributed by atoms with van der Waals surface area (Å²) in [5.41, 5.74) is -0.229. The van der Waals surface area contributed by atoms with Crippen LogP contribution in [0.3, 0.4) is 0 Å². The smallest absolute Gasteiger partial charge is 0.358 e. The third kappa shape index (κ3) is 3.04. The van der Waals surface area contributed by atoms with Crippen molar-refractivity contribution in [3.05, 3.63) is 11.9 Å². The van der Waals surface area contributed by atoms with Gasteiger partial charge in [-0.3, -0.25) is 0 Å². The van der Waals surface area contributed by atoms with Crippen LogP contribution in [0.25, 0.3) is 0 Å². The number of carboxylic acid groups (broad SMARTS) is 1. The van der Waals surface area contributed by atoms with E-state index < -0.39 is 18.0 Å². The van der Waals surface area contributed by atoms with Gasteiger partial charge >= 0.3 is 11.9 Å². The van der Waals surface area contributed by atoms with E-state index in [1.807, 2.05) is 0 Å². The van der Waals surface area contributed by atoms with Gasteiger partial charge in [-0.1, -0.05) is 18.1 Å². The summed E-state index contributed by atoms with van der Waals surface area (Å²) in [4.78, 5) is 22.2. The minimum absolute atomic E-state index is 0.129. The zero-order chi connectivity index (χ0) is 12.8. The molecule has 0 aliphatic heterocycles. The molecule has 0 spiro atoms. The minimum atomic E-state index is -1.21. The highest BCUT2D eigenvalue weighted by molar-refractivity contribution is 5.84. The van der Waals surface area contributed by atoms with Gasteiger partial charge in [0.05, 0.1) is 6.20 Å². The molecule has 0 aromatic carbocycles. The second-order valence-electron chi connectivity index (χ2n) is 3.12. The molecule has 1 N–H and O–H groups in total. The average molecular weight is 237 g/mol. The SMILES string of the molecule is C#CCOC(=O)C(CC)n1cc(C(=O)O)nn1. The lowest BCUT2D eigenvalue weighted by Gasteiger charge is -2.12. The van der Waals surface area contributed by atoms with Gasteiger partial charge in [-0.05, 0) is 6.42 Å². The first-order chi connectivity index (χ1) is 8.10. The highest BCUT2D eigenvalue weighted by Gasteiger charge is 2.22. The third-order valence-corrected chi connectivity index (χ3v) is 2.01. The van der Waals surface area contributed by atoms with E-state index in [0.29, 0.717) is 6.42 Å². The highest BCUT2D eigenvalue weighted by Crippen LogP contribution is 2.12. The number of nitrogens with zero attached hydrogens (tertiary/aromatic N) is 3. The monoisotopic (exact) mass is 237 g/mol. The standard InChI is InChI=1S/C10H11N3O4/c1-3-5-17-10(16)8(4-2)13-6-7(9(14)15)11-12-13/h1,6,8H,4-5H2,2H3,(H,14,15). The summed E-state index contributed by atoms with van der Waals surface area (Å²) in [5.74, 6) is 0.402. The molecule has 0 aliphatic rings. The van der Waals surface area contributed by atoms with Crippen LogP contribution in [0, 0.1) is 12.3 Å². The Morgan fingerprint density at radius 1 is 1.71 bits per heavy atom. The Kier molecular flexibility index (Phi) is 4.22. The molecule has 0 fully saturated rings. The molecule has 1 aromatic rings.